The number of phenolic OH excluding ortho intramolecular Hbond substituents is 1. The third-order valence-electron chi connectivity index (χ3n) is 4.68. The number of phenols is 1. The predicted molar refractivity (Wildman–Crippen MR) is 107 cm³/mol. The molecule has 1 aromatic carbocycles. The Morgan fingerprint density at radius 3 is 2.78 bits per heavy atom. The highest BCUT2D eigenvalue weighted by Gasteiger charge is 2.25. The Bertz CT molecular complexity index is 776. The van der Waals surface area contributed by atoms with E-state index in [0.29, 0.717) is 13.1 Å². The van der Waals surface area contributed by atoms with Crippen LogP contribution in [0, 0.1) is 0 Å². The van der Waals surface area contributed by atoms with E-state index in [-0.39, 0.29) is 29.6 Å². The van der Waals surface area contributed by atoms with Gasteiger partial charge in [0, 0.05) is 36.1 Å². The van der Waals surface area contributed by atoms with Crippen LogP contribution in [-0.4, -0.2) is 40.2 Å². The molecule has 1 N–H and O–H groups in total. The second-order valence-electron chi connectivity index (χ2n) is 8.11. The Hall–Kier alpha value is -1.92. The first-order valence-electron chi connectivity index (χ1n) is 9.44. The zero-order chi connectivity index (χ0) is 19.4. The van der Waals surface area contributed by atoms with Crippen molar-refractivity contribution in [1.29, 1.82) is 0 Å². The van der Waals surface area contributed by atoms with Crippen LogP contribution in [0.4, 0.5) is 0 Å². The zero-order valence-corrected chi connectivity index (χ0v) is 17.1. The predicted octanol–water partition coefficient (Wildman–Crippen LogP) is 3.90. The van der Waals surface area contributed by atoms with E-state index in [4.69, 9.17) is 4.74 Å². The SMILES string of the molecule is CC(C)(C)c1nc(CC(=O)N(Cc2ccccc2O)CC2CCCO2)cs1. The molecule has 146 valence electrons. The standard InChI is InChI=1S/C21H28N2O3S/c1-21(2,3)20-22-16(14-27-20)11-19(25)23(13-17-8-6-10-26-17)12-15-7-4-5-9-18(15)24/h4-5,7,9,14,17,24H,6,8,10-13H2,1-3H3. The fourth-order valence-corrected chi connectivity index (χ4v) is 4.05. The number of rotatable bonds is 6. The highest BCUT2D eigenvalue weighted by Crippen LogP contribution is 2.26. The first-order chi connectivity index (χ1) is 12.8. The van der Waals surface area contributed by atoms with E-state index in [1.165, 1.54) is 0 Å². The van der Waals surface area contributed by atoms with Crippen LogP contribution >= 0.6 is 11.3 Å². The highest BCUT2D eigenvalue weighted by atomic mass is 32.1. The third-order valence-corrected chi connectivity index (χ3v) is 6.00. The van der Waals surface area contributed by atoms with Crippen molar-refractivity contribution in [3.63, 3.8) is 0 Å². The van der Waals surface area contributed by atoms with Gasteiger partial charge >= 0.3 is 0 Å². The van der Waals surface area contributed by atoms with Crippen molar-refractivity contribution in [3.8, 4) is 5.75 Å². The van der Waals surface area contributed by atoms with E-state index in [9.17, 15) is 9.90 Å². The number of aromatic hydroxyl groups is 1. The van der Waals surface area contributed by atoms with Crippen molar-refractivity contribution in [2.24, 2.45) is 0 Å². The Morgan fingerprint density at radius 2 is 2.15 bits per heavy atom. The van der Waals surface area contributed by atoms with Crippen molar-refractivity contribution >= 4 is 17.2 Å². The minimum absolute atomic E-state index is 0.0134. The van der Waals surface area contributed by atoms with E-state index in [0.717, 1.165) is 35.7 Å². The van der Waals surface area contributed by atoms with Crippen LogP contribution < -0.4 is 0 Å². The van der Waals surface area contributed by atoms with Gasteiger partial charge in [0.1, 0.15) is 5.75 Å². The maximum atomic E-state index is 13.0. The van der Waals surface area contributed by atoms with Gasteiger partial charge in [0.15, 0.2) is 0 Å². The van der Waals surface area contributed by atoms with E-state index in [2.05, 4.69) is 25.8 Å². The van der Waals surface area contributed by atoms with E-state index < -0.39 is 0 Å². The van der Waals surface area contributed by atoms with Crippen LogP contribution in [0.2, 0.25) is 0 Å². The number of thiazole rings is 1. The number of aromatic nitrogens is 1. The molecule has 1 saturated heterocycles. The molecule has 0 radical (unpaired) electrons. The number of hydrogen-bond acceptors (Lipinski definition) is 5. The molecule has 0 aliphatic carbocycles. The molecule has 5 nitrogen and oxygen atoms in total. The minimum Gasteiger partial charge on any atom is -0.508 e. The van der Waals surface area contributed by atoms with Crippen LogP contribution in [0.5, 0.6) is 5.75 Å². The summed E-state index contributed by atoms with van der Waals surface area (Å²) in [6.07, 6.45) is 2.34. The van der Waals surface area contributed by atoms with Gasteiger partial charge in [-0.2, -0.15) is 0 Å². The number of carbonyl (C=O) groups excluding carboxylic acids is 1. The van der Waals surface area contributed by atoms with Crippen molar-refractivity contribution in [2.75, 3.05) is 13.2 Å². The molecule has 1 fully saturated rings. The van der Waals surface area contributed by atoms with E-state index >= 15 is 0 Å². The van der Waals surface area contributed by atoms with Gasteiger partial charge in [-0.05, 0) is 18.9 Å². The van der Waals surface area contributed by atoms with Gasteiger partial charge in [-0.3, -0.25) is 4.79 Å². The molecule has 2 heterocycles. The summed E-state index contributed by atoms with van der Waals surface area (Å²) in [6, 6.07) is 7.17. The summed E-state index contributed by atoms with van der Waals surface area (Å²) in [7, 11) is 0. The van der Waals surface area contributed by atoms with Gasteiger partial charge in [0.2, 0.25) is 5.91 Å². The average molecular weight is 389 g/mol. The average Bonchev–Trinajstić information content (AvgIpc) is 3.27. The maximum absolute atomic E-state index is 13.0. The van der Waals surface area contributed by atoms with Crippen LogP contribution in [0.25, 0.3) is 0 Å². The lowest BCUT2D eigenvalue weighted by Gasteiger charge is -2.26. The molecule has 1 amide bonds. The van der Waals surface area contributed by atoms with Gasteiger partial charge in [0.25, 0.3) is 0 Å². The minimum atomic E-state index is -0.0147. The fourth-order valence-electron chi connectivity index (χ4n) is 3.14. The summed E-state index contributed by atoms with van der Waals surface area (Å²) in [6.45, 7) is 8.05. The molecular weight excluding hydrogens is 360 g/mol. The first-order valence-corrected chi connectivity index (χ1v) is 10.3. The Labute approximate surface area is 165 Å². The monoisotopic (exact) mass is 388 g/mol. The molecule has 1 aliphatic heterocycles. The molecule has 1 aliphatic rings. The smallest absolute Gasteiger partial charge is 0.229 e. The van der Waals surface area contributed by atoms with Gasteiger partial charge < -0.3 is 14.7 Å². The molecule has 27 heavy (non-hydrogen) atoms. The van der Waals surface area contributed by atoms with Crippen LogP contribution in [-0.2, 0) is 27.9 Å². The van der Waals surface area contributed by atoms with Gasteiger partial charge in [-0.1, -0.05) is 39.0 Å². The van der Waals surface area contributed by atoms with Crippen LogP contribution in [0.1, 0.15) is 49.9 Å². The molecule has 0 spiro atoms. The number of benzene rings is 1. The normalized spacial score (nSPS) is 17.2. The number of carbonyl (C=O) groups is 1. The van der Waals surface area contributed by atoms with Crippen LogP contribution in [0.15, 0.2) is 29.6 Å². The fraction of sp³-hybridized carbons (Fsp3) is 0.524. The summed E-state index contributed by atoms with van der Waals surface area (Å²) in [5.74, 6) is 0.228. The molecule has 2 aromatic rings. The lowest BCUT2D eigenvalue weighted by atomic mass is 9.98. The van der Waals surface area contributed by atoms with E-state index in [1.54, 1.807) is 28.4 Å². The topological polar surface area (TPSA) is 62.7 Å². The quantitative estimate of drug-likeness (QED) is 0.815. The summed E-state index contributed by atoms with van der Waals surface area (Å²) < 4.78 is 5.73. The molecule has 1 aromatic heterocycles. The third kappa shape index (κ3) is 5.30. The van der Waals surface area contributed by atoms with E-state index in [1.807, 2.05) is 17.5 Å². The summed E-state index contributed by atoms with van der Waals surface area (Å²) in [5, 5.41) is 13.1. The lowest BCUT2D eigenvalue weighted by molar-refractivity contribution is -0.132. The molecule has 0 bridgehead atoms. The molecule has 1 unspecified atom stereocenters. The number of ether oxygens (including phenoxy) is 1. The molecule has 1 atom stereocenters. The largest absolute Gasteiger partial charge is 0.508 e. The first kappa shape index (κ1) is 19.8. The Kier molecular flexibility index (Phi) is 6.17. The lowest BCUT2D eigenvalue weighted by Crippen LogP contribution is -2.38. The number of nitrogens with zero attached hydrogens (tertiary/aromatic N) is 2. The summed E-state index contributed by atoms with van der Waals surface area (Å²) >= 11 is 1.60. The van der Waals surface area contributed by atoms with Crippen LogP contribution in [0.3, 0.4) is 0 Å². The second-order valence-corrected chi connectivity index (χ2v) is 8.97. The maximum Gasteiger partial charge on any atom is 0.229 e. The molecule has 3 rings (SSSR count). The summed E-state index contributed by atoms with van der Waals surface area (Å²) in [4.78, 5) is 19.5. The second kappa shape index (κ2) is 8.40. The molecule has 0 saturated carbocycles. The zero-order valence-electron chi connectivity index (χ0n) is 16.3. The number of hydrogen-bond donors (Lipinski definition) is 1. The number of para-hydroxylation sites is 1. The Balaban J connectivity index is 1.73. The van der Waals surface area contributed by atoms with Crippen molar-refractivity contribution < 1.29 is 14.6 Å². The van der Waals surface area contributed by atoms with Crippen molar-refractivity contribution in [3.05, 3.63) is 45.9 Å². The Morgan fingerprint density at radius 1 is 1.37 bits per heavy atom. The highest BCUT2D eigenvalue weighted by molar-refractivity contribution is 7.09. The number of amides is 1. The van der Waals surface area contributed by atoms with Gasteiger partial charge in [0.05, 0.1) is 23.2 Å². The van der Waals surface area contributed by atoms with Crippen molar-refractivity contribution in [2.45, 2.75) is 58.1 Å². The molecular formula is C21H28N2O3S. The van der Waals surface area contributed by atoms with Crippen molar-refractivity contribution in [1.82, 2.24) is 9.88 Å². The van der Waals surface area contributed by atoms with Gasteiger partial charge in [-0.15, -0.1) is 11.3 Å². The molecule has 6 heteroatoms. The van der Waals surface area contributed by atoms with Gasteiger partial charge in [-0.25, -0.2) is 4.98 Å². The summed E-state index contributed by atoms with van der Waals surface area (Å²) in [5.41, 5.74) is 1.54.